The van der Waals surface area contributed by atoms with E-state index in [2.05, 4.69) is 36.3 Å². The SMILES string of the molecule is O=C=C1C(c2ccccc2)=CC=C(c2ccccc2)C1c1ccccc1. The molecule has 0 saturated heterocycles. The van der Waals surface area contributed by atoms with Gasteiger partial charge in [0.05, 0.1) is 5.57 Å². The zero-order valence-corrected chi connectivity index (χ0v) is 14.3. The van der Waals surface area contributed by atoms with E-state index in [1.54, 1.807) is 0 Å². The van der Waals surface area contributed by atoms with Crippen LogP contribution in [-0.2, 0) is 4.79 Å². The predicted molar refractivity (Wildman–Crippen MR) is 107 cm³/mol. The Hall–Kier alpha value is -3.41. The van der Waals surface area contributed by atoms with Crippen molar-refractivity contribution in [3.05, 3.63) is 125 Å². The van der Waals surface area contributed by atoms with Gasteiger partial charge in [-0.2, -0.15) is 0 Å². The summed E-state index contributed by atoms with van der Waals surface area (Å²) in [6, 6.07) is 30.5. The van der Waals surface area contributed by atoms with E-state index in [0.717, 1.165) is 27.8 Å². The van der Waals surface area contributed by atoms with Gasteiger partial charge in [-0.15, -0.1) is 0 Å². The predicted octanol–water partition coefficient (Wildman–Crippen LogP) is 5.71. The number of hydrogen-bond acceptors (Lipinski definition) is 1. The zero-order valence-electron chi connectivity index (χ0n) is 14.3. The molecule has 1 nitrogen and oxygen atoms in total. The molecule has 1 unspecified atom stereocenters. The van der Waals surface area contributed by atoms with Gasteiger partial charge in [0, 0.05) is 5.92 Å². The average Bonchev–Trinajstić information content (AvgIpc) is 2.74. The molecule has 1 atom stereocenters. The van der Waals surface area contributed by atoms with E-state index < -0.39 is 0 Å². The van der Waals surface area contributed by atoms with Crippen molar-refractivity contribution in [2.45, 2.75) is 5.92 Å². The van der Waals surface area contributed by atoms with E-state index in [9.17, 15) is 4.79 Å². The second-order valence-electron chi connectivity index (χ2n) is 6.29. The summed E-state index contributed by atoms with van der Waals surface area (Å²) in [5.74, 6) is 2.13. The van der Waals surface area contributed by atoms with Crippen molar-refractivity contribution in [3.63, 3.8) is 0 Å². The molecule has 0 saturated carbocycles. The van der Waals surface area contributed by atoms with Crippen molar-refractivity contribution in [2.24, 2.45) is 0 Å². The Morgan fingerprint density at radius 3 is 1.73 bits per heavy atom. The minimum absolute atomic E-state index is 0.128. The van der Waals surface area contributed by atoms with Crippen LogP contribution >= 0.6 is 0 Å². The van der Waals surface area contributed by atoms with Crippen molar-refractivity contribution in [2.75, 3.05) is 0 Å². The van der Waals surface area contributed by atoms with Crippen LogP contribution in [0.2, 0.25) is 0 Å². The van der Waals surface area contributed by atoms with Crippen molar-refractivity contribution >= 4 is 17.1 Å². The molecule has 0 fully saturated rings. The number of rotatable bonds is 3. The topological polar surface area (TPSA) is 17.1 Å². The van der Waals surface area contributed by atoms with Crippen molar-refractivity contribution < 1.29 is 4.79 Å². The third-order valence-electron chi connectivity index (χ3n) is 4.75. The Balaban J connectivity index is 1.92. The summed E-state index contributed by atoms with van der Waals surface area (Å²) >= 11 is 0. The molecule has 0 amide bonds. The lowest BCUT2D eigenvalue weighted by atomic mass is 9.74. The fourth-order valence-electron chi connectivity index (χ4n) is 3.54. The van der Waals surface area contributed by atoms with Crippen LogP contribution in [0.1, 0.15) is 22.6 Å². The Bertz CT molecular complexity index is 1010. The second-order valence-corrected chi connectivity index (χ2v) is 6.29. The first kappa shape index (κ1) is 16.1. The van der Waals surface area contributed by atoms with Gasteiger partial charge in [0.25, 0.3) is 0 Å². The maximum atomic E-state index is 12.1. The van der Waals surface area contributed by atoms with Crippen molar-refractivity contribution in [1.29, 1.82) is 0 Å². The molecule has 3 aromatic rings. The van der Waals surface area contributed by atoms with Gasteiger partial charge < -0.3 is 0 Å². The average molecular weight is 334 g/mol. The van der Waals surface area contributed by atoms with Gasteiger partial charge in [-0.1, -0.05) is 103 Å². The van der Waals surface area contributed by atoms with Gasteiger partial charge >= 0.3 is 0 Å². The van der Waals surface area contributed by atoms with Gasteiger partial charge in [0.2, 0.25) is 0 Å². The van der Waals surface area contributed by atoms with Gasteiger partial charge in [-0.05, 0) is 27.8 Å². The molecule has 0 radical (unpaired) electrons. The monoisotopic (exact) mass is 334 g/mol. The molecule has 124 valence electrons. The molecule has 4 rings (SSSR count). The van der Waals surface area contributed by atoms with Gasteiger partial charge in [0.1, 0.15) is 5.94 Å². The largest absolute Gasteiger partial charge is 0.233 e. The van der Waals surface area contributed by atoms with Gasteiger partial charge in [-0.25, -0.2) is 4.79 Å². The fraction of sp³-hybridized carbons (Fsp3) is 0.0400. The third kappa shape index (κ3) is 2.97. The highest BCUT2D eigenvalue weighted by Gasteiger charge is 2.29. The molecule has 0 spiro atoms. The van der Waals surface area contributed by atoms with E-state index in [1.165, 1.54) is 0 Å². The molecular formula is C25H18O. The zero-order chi connectivity index (χ0) is 17.8. The quantitative estimate of drug-likeness (QED) is 0.561. The Morgan fingerprint density at radius 2 is 1.15 bits per heavy atom. The molecule has 0 aliphatic heterocycles. The molecule has 0 heterocycles. The molecule has 0 aromatic heterocycles. The van der Waals surface area contributed by atoms with E-state index in [4.69, 9.17) is 0 Å². The summed E-state index contributed by atoms with van der Waals surface area (Å²) in [4.78, 5) is 12.1. The highest BCUT2D eigenvalue weighted by atomic mass is 16.1. The third-order valence-corrected chi connectivity index (χ3v) is 4.75. The van der Waals surface area contributed by atoms with Gasteiger partial charge in [0.15, 0.2) is 0 Å². The first-order valence-corrected chi connectivity index (χ1v) is 8.71. The summed E-state index contributed by atoms with van der Waals surface area (Å²) in [7, 11) is 0. The van der Waals surface area contributed by atoms with Crippen LogP contribution in [-0.4, -0.2) is 5.94 Å². The maximum absolute atomic E-state index is 12.1. The van der Waals surface area contributed by atoms with Crippen LogP contribution in [0.4, 0.5) is 0 Å². The number of benzene rings is 3. The summed E-state index contributed by atoms with van der Waals surface area (Å²) in [5.41, 5.74) is 6.00. The summed E-state index contributed by atoms with van der Waals surface area (Å²) in [6.07, 6.45) is 4.17. The van der Waals surface area contributed by atoms with E-state index in [-0.39, 0.29) is 5.92 Å². The number of carbonyl (C=O) groups excluding carboxylic acids is 1. The Morgan fingerprint density at radius 1 is 0.615 bits per heavy atom. The van der Waals surface area contributed by atoms with Crippen LogP contribution in [0, 0.1) is 0 Å². The van der Waals surface area contributed by atoms with Crippen molar-refractivity contribution in [1.82, 2.24) is 0 Å². The molecule has 1 heteroatoms. The number of hydrogen-bond donors (Lipinski definition) is 0. The van der Waals surface area contributed by atoms with E-state index in [0.29, 0.717) is 5.57 Å². The highest BCUT2D eigenvalue weighted by molar-refractivity contribution is 5.98. The number of allylic oxidation sites excluding steroid dienone is 5. The molecule has 0 N–H and O–H groups in total. The van der Waals surface area contributed by atoms with Crippen LogP contribution in [0.5, 0.6) is 0 Å². The normalized spacial score (nSPS) is 16.5. The van der Waals surface area contributed by atoms with E-state index >= 15 is 0 Å². The molecule has 1 aliphatic rings. The van der Waals surface area contributed by atoms with Crippen LogP contribution < -0.4 is 0 Å². The second kappa shape index (κ2) is 7.23. The first-order valence-electron chi connectivity index (χ1n) is 8.71. The fourth-order valence-corrected chi connectivity index (χ4v) is 3.54. The Labute approximate surface area is 153 Å². The molecular weight excluding hydrogens is 316 g/mol. The Kier molecular flexibility index (Phi) is 4.47. The van der Waals surface area contributed by atoms with Crippen LogP contribution in [0.15, 0.2) is 109 Å². The lowest BCUT2D eigenvalue weighted by Crippen LogP contribution is -2.11. The lowest BCUT2D eigenvalue weighted by Gasteiger charge is -2.27. The van der Waals surface area contributed by atoms with E-state index in [1.807, 2.05) is 72.8 Å². The van der Waals surface area contributed by atoms with Crippen LogP contribution in [0.3, 0.4) is 0 Å². The lowest BCUT2D eigenvalue weighted by molar-refractivity contribution is 0.567. The molecule has 26 heavy (non-hydrogen) atoms. The summed E-state index contributed by atoms with van der Waals surface area (Å²) in [5, 5.41) is 0. The summed E-state index contributed by atoms with van der Waals surface area (Å²) in [6.45, 7) is 0. The highest BCUT2D eigenvalue weighted by Crippen LogP contribution is 2.45. The minimum atomic E-state index is -0.128. The molecule has 0 bridgehead atoms. The summed E-state index contributed by atoms with van der Waals surface area (Å²) < 4.78 is 0. The van der Waals surface area contributed by atoms with Crippen LogP contribution in [0.25, 0.3) is 11.1 Å². The first-order chi connectivity index (χ1) is 12.9. The molecule has 3 aromatic carbocycles. The smallest absolute Gasteiger partial charge is 0.129 e. The molecule has 1 aliphatic carbocycles. The minimum Gasteiger partial charge on any atom is -0.233 e. The van der Waals surface area contributed by atoms with Crippen molar-refractivity contribution in [3.8, 4) is 0 Å². The maximum Gasteiger partial charge on any atom is 0.129 e. The standard InChI is InChI=1S/C25H18O/c26-18-24-22(19-10-4-1-5-11-19)16-17-23(20-12-6-2-7-13-20)25(24)21-14-8-3-9-15-21/h1-17,25H. The van der Waals surface area contributed by atoms with Gasteiger partial charge in [-0.3, -0.25) is 0 Å².